The minimum absolute atomic E-state index is 0.449. The summed E-state index contributed by atoms with van der Waals surface area (Å²) in [5.41, 5.74) is 7.24. The van der Waals surface area contributed by atoms with Crippen molar-refractivity contribution in [3.8, 4) is 11.8 Å². The molecule has 1 aromatic carbocycles. The summed E-state index contributed by atoms with van der Waals surface area (Å²) in [4.78, 5) is 15.0. The maximum atomic E-state index is 11.0. The number of rotatable bonds is 1. The Balaban J connectivity index is 2.28. The number of carbonyl (C=O) groups excluding carboxylic acids is 1. The number of nitrogens with two attached hydrogens (primary N) is 1. The zero-order valence-electron chi connectivity index (χ0n) is 9.05. The van der Waals surface area contributed by atoms with Crippen LogP contribution in [0, 0.1) is 11.8 Å². The number of hydrogen-bond donors (Lipinski definition) is 1. The molecule has 0 saturated carbocycles. The summed E-state index contributed by atoms with van der Waals surface area (Å²) in [6.07, 6.45) is 3.38. The number of pyridine rings is 1. The Morgan fingerprint density at radius 2 is 1.88 bits per heavy atom. The molecule has 0 bridgehead atoms. The lowest BCUT2D eigenvalue weighted by molar-refractivity contribution is 0.100. The number of primary amides is 1. The van der Waals surface area contributed by atoms with E-state index in [2.05, 4.69) is 16.8 Å². The van der Waals surface area contributed by atoms with Gasteiger partial charge in [-0.05, 0) is 30.3 Å². The number of benzene rings is 1. The predicted octanol–water partition coefficient (Wildman–Crippen LogP) is 1.58. The molecule has 0 aliphatic rings. The molecular formula is C14H10N2O. The van der Waals surface area contributed by atoms with Crippen LogP contribution in [0.2, 0.25) is 0 Å². The number of carbonyl (C=O) groups is 1. The van der Waals surface area contributed by atoms with Gasteiger partial charge in [-0.15, -0.1) is 0 Å². The number of nitrogens with zero attached hydrogens (tertiary/aromatic N) is 1. The molecule has 0 aliphatic carbocycles. The third-order valence-corrected chi connectivity index (χ3v) is 2.16. The van der Waals surface area contributed by atoms with Gasteiger partial charge in [-0.25, -0.2) is 0 Å². The highest BCUT2D eigenvalue weighted by Gasteiger charge is 1.98. The molecule has 0 saturated heterocycles. The van der Waals surface area contributed by atoms with Crippen molar-refractivity contribution in [2.24, 2.45) is 5.73 Å². The fraction of sp³-hybridized carbons (Fsp3) is 0. The second-order valence-corrected chi connectivity index (χ2v) is 3.44. The van der Waals surface area contributed by atoms with Gasteiger partial charge in [-0.3, -0.25) is 9.78 Å². The van der Waals surface area contributed by atoms with Gasteiger partial charge in [0.05, 0.1) is 0 Å². The van der Waals surface area contributed by atoms with E-state index in [1.54, 1.807) is 30.6 Å². The molecule has 1 amide bonds. The fourth-order valence-electron chi connectivity index (χ4n) is 1.33. The molecule has 3 nitrogen and oxygen atoms in total. The molecule has 17 heavy (non-hydrogen) atoms. The third kappa shape index (κ3) is 2.93. The van der Waals surface area contributed by atoms with Crippen molar-refractivity contribution in [1.82, 2.24) is 4.98 Å². The maximum Gasteiger partial charge on any atom is 0.248 e. The summed E-state index contributed by atoms with van der Waals surface area (Å²) in [7, 11) is 0. The highest BCUT2D eigenvalue weighted by molar-refractivity contribution is 5.93. The fourth-order valence-corrected chi connectivity index (χ4v) is 1.33. The van der Waals surface area contributed by atoms with E-state index in [1.807, 2.05) is 18.2 Å². The molecule has 0 fully saturated rings. The van der Waals surface area contributed by atoms with E-state index >= 15 is 0 Å². The van der Waals surface area contributed by atoms with Gasteiger partial charge in [-0.1, -0.05) is 17.9 Å². The molecule has 2 N–H and O–H groups in total. The molecule has 2 rings (SSSR count). The molecular weight excluding hydrogens is 212 g/mol. The average molecular weight is 222 g/mol. The summed E-state index contributed by atoms with van der Waals surface area (Å²) >= 11 is 0. The molecule has 3 heteroatoms. The molecule has 2 aromatic rings. The molecule has 82 valence electrons. The second kappa shape index (κ2) is 4.95. The topological polar surface area (TPSA) is 56.0 Å². The minimum Gasteiger partial charge on any atom is -0.366 e. The highest BCUT2D eigenvalue weighted by atomic mass is 16.1. The Bertz CT molecular complexity index is 594. The van der Waals surface area contributed by atoms with Crippen molar-refractivity contribution >= 4 is 5.91 Å². The standard InChI is InChI=1S/C14H10N2O/c15-14(17)13-5-1-3-11(9-13)6-7-12-4-2-8-16-10-12/h1-5,8-10H,(H2,15,17). The first kappa shape index (κ1) is 10.9. The second-order valence-electron chi connectivity index (χ2n) is 3.44. The average Bonchev–Trinajstić information content (AvgIpc) is 2.38. The maximum absolute atomic E-state index is 11.0. The molecule has 0 spiro atoms. The van der Waals surface area contributed by atoms with Crippen LogP contribution in [0.15, 0.2) is 48.8 Å². The first-order valence-electron chi connectivity index (χ1n) is 5.07. The van der Waals surface area contributed by atoms with Crippen LogP contribution >= 0.6 is 0 Å². The quantitative estimate of drug-likeness (QED) is 0.745. The van der Waals surface area contributed by atoms with Crippen LogP contribution in [0.3, 0.4) is 0 Å². The van der Waals surface area contributed by atoms with Crippen molar-refractivity contribution in [3.63, 3.8) is 0 Å². The monoisotopic (exact) mass is 222 g/mol. The van der Waals surface area contributed by atoms with Crippen LogP contribution in [-0.4, -0.2) is 10.9 Å². The third-order valence-electron chi connectivity index (χ3n) is 2.16. The Morgan fingerprint density at radius 1 is 1.12 bits per heavy atom. The van der Waals surface area contributed by atoms with E-state index in [0.29, 0.717) is 5.56 Å². The zero-order chi connectivity index (χ0) is 12.1. The zero-order valence-corrected chi connectivity index (χ0v) is 9.05. The Labute approximate surface area is 99.3 Å². The van der Waals surface area contributed by atoms with Crippen LogP contribution in [0.4, 0.5) is 0 Å². The lowest BCUT2D eigenvalue weighted by Crippen LogP contribution is -2.10. The number of aromatic nitrogens is 1. The van der Waals surface area contributed by atoms with Gasteiger partial charge in [0.2, 0.25) is 5.91 Å². The Hall–Kier alpha value is -2.60. The molecule has 0 unspecified atom stereocenters. The van der Waals surface area contributed by atoms with E-state index in [1.165, 1.54) is 0 Å². The van der Waals surface area contributed by atoms with Crippen molar-refractivity contribution < 1.29 is 4.79 Å². The molecule has 1 aromatic heterocycles. The van der Waals surface area contributed by atoms with Crippen LogP contribution in [0.25, 0.3) is 0 Å². The SMILES string of the molecule is NC(=O)c1cccc(C#Cc2cccnc2)c1. The minimum atomic E-state index is -0.449. The van der Waals surface area contributed by atoms with Gasteiger partial charge in [0.1, 0.15) is 0 Å². The van der Waals surface area contributed by atoms with E-state index < -0.39 is 5.91 Å². The van der Waals surface area contributed by atoms with Crippen LogP contribution < -0.4 is 5.73 Å². The summed E-state index contributed by atoms with van der Waals surface area (Å²) < 4.78 is 0. The van der Waals surface area contributed by atoms with Crippen LogP contribution in [0.5, 0.6) is 0 Å². The van der Waals surface area contributed by atoms with Gasteiger partial charge in [0.25, 0.3) is 0 Å². The first-order chi connectivity index (χ1) is 8.25. The van der Waals surface area contributed by atoms with Crippen LogP contribution in [-0.2, 0) is 0 Å². The van der Waals surface area contributed by atoms with Crippen LogP contribution in [0.1, 0.15) is 21.5 Å². The lowest BCUT2D eigenvalue weighted by atomic mass is 10.1. The number of hydrogen-bond acceptors (Lipinski definition) is 2. The molecule has 0 radical (unpaired) electrons. The van der Waals surface area contributed by atoms with E-state index in [-0.39, 0.29) is 0 Å². The highest BCUT2D eigenvalue weighted by Crippen LogP contribution is 2.03. The van der Waals surface area contributed by atoms with Crippen molar-refractivity contribution in [3.05, 3.63) is 65.5 Å². The normalized spacial score (nSPS) is 9.18. The van der Waals surface area contributed by atoms with Gasteiger partial charge in [0, 0.05) is 29.1 Å². The Kier molecular flexibility index (Phi) is 3.18. The van der Waals surface area contributed by atoms with Gasteiger partial charge in [0.15, 0.2) is 0 Å². The summed E-state index contributed by atoms with van der Waals surface area (Å²) in [6, 6.07) is 10.6. The van der Waals surface area contributed by atoms with Gasteiger partial charge in [-0.2, -0.15) is 0 Å². The van der Waals surface area contributed by atoms with Gasteiger partial charge < -0.3 is 5.73 Å². The molecule has 0 aliphatic heterocycles. The summed E-state index contributed by atoms with van der Waals surface area (Å²) in [6.45, 7) is 0. The largest absolute Gasteiger partial charge is 0.366 e. The van der Waals surface area contributed by atoms with E-state index in [0.717, 1.165) is 11.1 Å². The summed E-state index contributed by atoms with van der Waals surface area (Å²) in [5.74, 6) is 5.47. The smallest absolute Gasteiger partial charge is 0.248 e. The van der Waals surface area contributed by atoms with Crippen molar-refractivity contribution in [1.29, 1.82) is 0 Å². The van der Waals surface area contributed by atoms with E-state index in [4.69, 9.17) is 5.73 Å². The van der Waals surface area contributed by atoms with E-state index in [9.17, 15) is 4.79 Å². The predicted molar refractivity (Wildman–Crippen MR) is 65.2 cm³/mol. The summed E-state index contributed by atoms with van der Waals surface area (Å²) in [5, 5.41) is 0. The Morgan fingerprint density at radius 3 is 2.59 bits per heavy atom. The van der Waals surface area contributed by atoms with Crippen molar-refractivity contribution in [2.45, 2.75) is 0 Å². The molecule has 0 atom stereocenters. The van der Waals surface area contributed by atoms with Gasteiger partial charge >= 0.3 is 0 Å². The lowest BCUT2D eigenvalue weighted by Gasteiger charge is -1.95. The first-order valence-corrected chi connectivity index (χ1v) is 5.07. The number of amides is 1. The molecule has 1 heterocycles. The van der Waals surface area contributed by atoms with Crippen molar-refractivity contribution in [2.75, 3.05) is 0 Å².